The summed E-state index contributed by atoms with van der Waals surface area (Å²) >= 11 is 1.35. The van der Waals surface area contributed by atoms with Crippen molar-refractivity contribution in [3.63, 3.8) is 0 Å². The van der Waals surface area contributed by atoms with Crippen LogP contribution in [-0.2, 0) is 9.59 Å². The van der Waals surface area contributed by atoms with E-state index in [0.717, 1.165) is 21.5 Å². The summed E-state index contributed by atoms with van der Waals surface area (Å²) in [6.45, 7) is 4.40. The van der Waals surface area contributed by atoms with E-state index in [1.807, 2.05) is 75.3 Å². The van der Waals surface area contributed by atoms with Crippen LogP contribution in [0.2, 0.25) is 0 Å². The van der Waals surface area contributed by atoms with E-state index in [1.54, 1.807) is 24.3 Å². The number of ether oxygens (including phenoxy) is 1. The van der Waals surface area contributed by atoms with Gasteiger partial charge in [-0.3, -0.25) is 14.5 Å². The average Bonchev–Trinajstić information content (AvgIpc) is 3.42. The summed E-state index contributed by atoms with van der Waals surface area (Å²) in [5, 5.41) is 11.8. The molecule has 8 heteroatoms. The van der Waals surface area contributed by atoms with Crippen molar-refractivity contribution in [2.24, 2.45) is 0 Å². The zero-order chi connectivity index (χ0) is 26.3. The first-order valence-electron chi connectivity index (χ1n) is 12.0. The number of ketones is 1. The van der Waals surface area contributed by atoms with Gasteiger partial charge in [0.25, 0.3) is 5.78 Å². The van der Waals surface area contributed by atoms with E-state index in [4.69, 9.17) is 4.74 Å². The van der Waals surface area contributed by atoms with Crippen LogP contribution in [0, 0.1) is 6.92 Å². The van der Waals surface area contributed by atoms with Gasteiger partial charge in [0.2, 0.25) is 0 Å². The van der Waals surface area contributed by atoms with E-state index >= 15 is 0 Å². The van der Waals surface area contributed by atoms with Crippen molar-refractivity contribution < 1.29 is 19.4 Å². The van der Waals surface area contributed by atoms with Crippen LogP contribution in [0.25, 0.3) is 16.0 Å². The van der Waals surface area contributed by atoms with Gasteiger partial charge in [-0.1, -0.05) is 29.5 Å². The van der Waals surface area contributed by atoms with Crippen molar-refractivity contribution in [1.29, 1.82) is 0 Å². The molecule has 1 aliphatic heterocycles. The van der Waals surface area contributed by atoms with Gasteiger partial charge < -0.3 is 14.7 Å². The Balaban J connectivity index is 1.68. The summed E-state index contributed by atoms with van der Waals surface area (Å²) in [5.41, 5.74) is 3.96. The Morgan fingerprint density at radius 2 is 1.76 bits per heavy atom. The van der Waals surface area contributed by atoms with Gasteiger partial charge in [-0.25, -0.2) is 4.98 Å². The van der Waals surface area contributed by atoms with Crippen LogP contribution in [0.5, 0.6) is 5.75 Å². The first kappa shape index (κ1) is 24.5. The summed E-state index contributed by atoms with van der Waals surface area (Å²) in [7, 11) is 3.88. The van der Waals surface area contributed by atoms with Gasteiger partial charge in [0.1, 0.15) is 11.5 Å². The smallest absolute Gasteiger partial charge is 0.301 e. The Bertz CT molecular complexity index is 1520. The third-order valence-corrected chi connectivity index (χ3v) is 7.36. The van der Waals surface area contributed by atoms with Crippen molar-refractivity contribution in [2.75, 3.05) is 30.5 Å². The molecule has 1 N–H and O–H groups in total. The van der Waals surface area contributed by atoms with Crippen molar-refractivity contribution in [3.8, 4) is 5.75 Å². The third kappa shape index (κ3) is 4.44. The van der Waals surface area contributed by atoms with Crippen molar-refractivity contribution >= 4 is 49.8 Å². The van der Waals surface area contributed by atoms with E-state index in [-0.39, 0.29) is 11.3 Å². The highest BCUT2D eigenvalue weighted by Crippen LogP contribution is 2.44. The number of nitrogens with zero attached hydrogens (tertiary/aromatic N) is 3. The average molecular weight is 514 g/mol. The van der Waals surface area contributed by atoms with Gasteiger partial charge in [0, 0.05) is 25.3 Å². The van der Waals surface area contributed by atoms with Crippen LogP contribution in [0.4, 0.5) is 10.8 Å². The molecule has 1 saturated heterocycles. The first-order valence-corrected chi connectivity index (χ1v) is 12.8. The van der Waals surface area contributed by atoms with Crippen LogP contribution in [0.1, 0.15) is 29.7 Å². The minimum Gasteiger partial charge on any atom is -0.507 e. The molecule has 0 radical (unpaired) electrons. The Morgan fingerprint density at radius 3 is 2.41 bits per heavy atom. The molecule has 1 fully saturated rings. The Labute approximate surface area is 219 Å². The van der Waals surface area contributed by atoms with Gasteiger partial charge in [-0.2, -0.15) is 0 Å². The SMILES string of the molecule is CCOc1ccc(/C(O)=C2\C(=O)C(=O)N(c3nc4ccc(C)cc4s3)C2c2ccc(N(C)C)cc2)cc1. The third-order valence-electron chi connectivity index (χ3n) is 6.35. The monoisotopic (exact) mass is 513 g/mol. The highest BCUT2D eigenvalue weighted by Gasteiger charge is 2.48. The molecule has 0 saturated carbocycles. The zero-order valence-electron chi connectivity index (χ0n) is 21.1. The molecule has 0 spiro atoms. The molecule has 3 aromatic carbocycles. The highest BCUT2D eigenvalue weighted by molar-refractivity contribution is 7.22. The minimum atomic E-state index is -0.829. The second-order valence-electron chi connectivity index (χ2n) is 9.08. The number of carbonyl (C=O) groups is 2. The van der Waals surface area contributed by atoms with Crippen LogP contribution in [0.15, 0.2) is 72.3 Å². The van der Waals surface area contributed by atoms with Crippen molar-refractivity contribution in [2.45, 2.75) is 19.9 Å². The first-order chi connectivity index (χ1) is 17.8. The largest absolute Gasteiger partial charge is 0.507 e. The Kier molecular flexibility index (Phi) is 6.43. The van der Waals surface area contributed by atoms with Crippen LogP contribution in [-0.4, -0.2) is 42.5 Å². The number of aryl methyl sites for hydroxylation is 1. The molecule has 37 heavy (non-hydrogen) atoms. The fraction of sp³-hybridized carbons (Fsp3) is 0.207. The highest BCUT2D eigenvalue weighted by atomic mass is 32.1. The number of aromatic nitrogens is 1. The van der Waals surface area contributed by atoms with Gasteiger partial charge in [-0.05, 0) is 73.5 Å². The topological polar surface area (TPSA) is 83.0 Å². The number of carbonyl (C=O) groups excluding carboxylic acids is 2. The van der Waals surface area contributed by atoms with Crippen molar-refractivity contribution in [1.82, 2.24) is 4.98 Å². The molecule has 1 unspecified atom stereocenters. The number of benzene rings is 3. The van der Waals surface area contributed by atoms with Gasteiger partial charge in [0.05, 0.1) is 28.4 Å². The van der Waals surface area contributed by atoms with E-state index in [2.05, 4.69) is 4.98 Å². The zero-order valence-corrected chi connectivity index (χ0v) is 21.9. The number of aliphatic hydroxyl groups is 1. The Hall–Kier alpha value is -4.17. The molecular weight excluding hydrogens is 486 g/mol. The number of anilines is 2. The van der Waals surface area contributed by atoms with Crippen LogP contribution in [0.3, 0.4) is 0 Å². The summed E-state index contributed by atoms with van der Waals surface area (Å²) in [6.07, 6.45) is 0. The second-order valence-corrected chi connectivity index (χ2v) is 10.1. The molecule has 1 aliphatic rings. The van der Waals surface area contributed by atoms with Crippen LogP contribution < -0.4 is 14.5 Å². The van der Waals surface area contributed by atoms with Gasteiger partial charge in [0.15, 0.2) is 5.13 Å². The maximum absolute atomic E-state index is 13.5. The molecule has 2 heterocycles. The molecule has 1 atom stereocenters. The molecular formula is C29H27N3O4S. The number of amides is 1. The fourth-order valence-corrected chi connectivity index (χ4v) is 5.54. The number of thiazole rings is 1. The predicted molar refractivity (Wildman–Crippen MR) is 148 cm³/mol. The molecule has 1 amide bonds. The number of aliphatic hydroxyl groups excluding tert-OH is 1. The normalized spacial score (nSPS) is 17.0. The number of hydrogen-bond donors (Lipinski definition) is 1. The number of fused-ring (bicyclic) bond motifs is 1. The summed E-state index contributed by atoms with van der Waals surface area (Å²) in [4.78, 5) is 35.0. The summed E-state index contributed by atoms with van der Waals surface area (Å²) < 4.78 is 6.42. The minimum absolute atomic E-state index is 0.0298. The fourth-order valence-electron chi connectivity index (χ4n) is 4.45. The van der Waals surface area contributed by atoms with E-state index in [1.165, 1.54) is 16.2 Å². The maximum atomic E-state index is 13.5. The maximum Gasteiger partial charge on any atom is 0.301 e. The lowest BCUT2D eigenvalue weighted by molar-refractivity contribution is -0.132. The van der Waals surface area contributed by atoms with Gasteiger partial charge >= 0.3 is 5.91 Å². The molecule has 5 rings (SSSR count). The quantitative estimate of drug-likeness (QED) is 0.202. The van der Waals surface area contributed by atoms with E-state index < -0.39 is 17.7 Å². The standard InChI is InChI=1S/C29H27N3O4S/c1-5-36-21-13-9-19(10-14-21)26(33)24-25(18-7-11-20(12-8-18)31(3)4)32(28(35)27(24)34)29-30-22-15-6-17(2)16-23(22)37-29/h6-16,25,33H,5H2,1-4H3/b26-24+. The Morgan fingerprint density at radius 1 is 1.05 bits per heavy atom. The van der Waals surface area contributed by atoms with E-state index in [0.29, 0.717) is 28.6 Å². The number of Topliss-reactive ketones (excluding diaryl/α,β-unsaturated/α-hetero) is 1. The second kappa shape index (κ2) is 9.71. The molecule has 188 valence electrons. The molecule has 0 bridgehead atoms. The number of hydrogen-bond acceptors (Lipinski definition) is 7. The predicted octanol–water partition coefficient (Wildman–Crippen LogP) is 5.70. The summed E-state index contributed by atoms with van der Waals surface area (Å²) in [5.74, 6) is -1.05. The molecule has 4 aromatic rings. The van der Waals surface area contributed by atoms with E-state index in [9.17, 15) is 14.7 Å². The van der Waals surface area contributed by atoms with Crippen LogP contribution >= 0.6 is 11.3 Å². The number of rotatable bonds is 6. The molecule has 7 nitrogen and oxygen atoms in total. The molecule has 0 aliphatic carbocycles. The lowest BCUT2D eigenvalue weighted by atomic mass is 9.95. The van der Waals surface area contributed by atoms with Gasteiger partial charge in [-0.15, -0.1) is 0 Å². The molecule has 1 aromatic heterocycles. The lowest BCUT2D eigenvalue weighted by Crippen LogP contribution is -2.29. The van der Waals surface area contributed by atoms with Crippen molar-refractivity contribution in [3.05, 3.63) is 89.0 Å². The lowest BCUT2D eigenvalue weighted by Gasteiger charge is -2.23. The summed E-state index contributed by atoms with van der Waals surface area (Å²) in [6, 6.07) is 19.5.